The van der Waals surface area contributed by atoms with Crippen LogP contribution in [0.2, 0.25) is 0 Å². The van der Waals surface area contributed by atoms with Gasteiger partial charge in [-0.05, 0) is 55.0 Å². The zero-order valence-corrected chi connectivity index (χ0v) is 15.2. The molecule has 0 atom stereocenters. The molecule has 0 unspecified atom stereocenters. The maximum Gasteiger partial charge on any atom is 0.238 e. The van der Waals surface area contributed by atoms with Crippen molar-refractivity contribution < 1.29 is 13.2 Å². The van der Waals surface area contributed by atoms with E-state index >= 15 is 0 Å². The van der Waals surface area contributed by atoms with Gasteiger partial charge in [0.2, 0.25) is 10.0 Å². The number of rotatable bonds is 10. The molecule has 4 N–H and O–H groups in total. The van der Waals surface area contributed by atoms with E-state index in [1.807, 2.05) is 24.3 Å². The zero-order valence-electron chi connectivity index (χ0n) is 14.4. The fraction of sp³-hybridized carbons (Fsp3) is 0.333. The highest BCUT2D eigenvalue weighted by Gasteiger charge is 2.06. The van der Waals surface area contributed by atoms with Crippen LogP contribution in [0.15, 0.2) is 53.4 Å². The number of hydrogen-bond acceptors (Lipinski definition) is 5. The van der Waals surface area contributed by atoms with Gasteiger partial charge in [-0.1, -0.05) is 13.3 Å². The number of nitrogens with two attached hydrogens (primary N) is 1. The van der Waals surface area contributed by atoms with Gasteiger partial charge in [-0.3, -0.25) is 0 Å². The lowest BCUT2D eigenvalue weighted by molar-refractivity contribution is 0.309. The first kappa shape index (κ1) is 19.1. The molecule has 0 aliphatic heterocycles. The third-order valence-corrected chi connectivity index (χ3v) is 4.52. The largest absolute Gasteiger partial charge is 0.494 e. The Labute approximate surface area is 149 Å². The second-order valence-corrected chi connectivity index (χ2v) is 7.21. The SMILES string of the molecule is CCCCOc1ccc(NCCNc2ccc(S(N)(=O)=O)cc2)cc1. The number of primary sulfonamides is 1. The van der Waals surface area contributed by atoms with Crippen molar-refractivity contribution in [1.82, 2.24) is 0 Å². The van der Waals surface area contributed by atoms with Gasteiger partial charge in [0.1, 0.15) is 5.75 Å². The van der Waals surface area contributed by atoms with Gasteiger partial charge in [-0.2, -0.15) is 0 Å². The summed E-state index contributed by atoms with van der Waals surface area (Å²) < 4.78 is 28.0. The highest BCUT2D eigenvalue weighted by atomic mass is 32.2. The Morgan fingerprint density at radius 1 is 0.920 bits per heavy atom. The van der Waals surface area contributed by atoms with Gasteiger partial charge >= 0.3 is 0 Å². The van der Waals surface area contributed by atoms with E-state index in [4.69, 9.17) is 9.88 Å². The molecule has 0 spiro atoms. The van der Waals surface area contributed by atoms with Crippen LogP contribution in [0.1, 0.15) is 19.8 Å². The van der Waals surface area contributed by atoms with Gasteiger partial charge in [0, 0.05) is 24.5 Å². The normalized spacial score (nSPS) is 11.1. The van der Waals surface area contributed by atoms with Gasteiger partial charge in [0.05, 0.1) is 11.5 Å². The molecule has 0 bridgehead atoms. The minimum Gasteiger partial charge on any atom is -0.494 e. The first-order chi connectivity index (χ1) is 12.0. The molecule has 25 heavy (non-hydrogen) atoms. The van der Waals surface area contributed by atoms with Crippen LogP contribution in [-0.2, 0) is 10.0 Å². The van der Waals surface area contributed by atoms with E-state index in [1.165, 1.54) is 12.1 Å². The Balaban J connectivity index is 1.72. The zero-order chi connectivity index (χ0) is 18.1. The maximum absolute atomic E-state index is 11.2. The van der Waals surface area contributed by atoms with Crippen LogP contribution in [-0.4, -0.2) is 28.1 Å². The molecule has 0 saturated heterocycles. The molecule has 7 heteroatoms. The monoisotopic (exact) mass is 363 g/mol. The summed E-state index contributed by atoms with van der Waals surface area (Å²) in [5.74, 6) is 0.882. The molecule has 0 aliphatic carbocycles. The predicted octanol–water partition coefficient (Wildman–Crippen LogP) is 3.04. The molecule has 0 saturated carbocycles. The number of anilines is 2. The highest BCUT2D eigenvalue weighted by Crippen LogP contribution is 2.16. The number of unbranched alkanes of at least 4 members (excludes halogenated alkanes) is 1. The topological polar surface area (TPSA) is 93.4 Å². The summed E-state index contributed by atoms with van der Waals surface area (Å²) in [6.45, 7) is 4.31. The molecule has 2 aromatic carbocycles. The summed E-state index contributed by atoms with van der Waals surface area (Å²) >= 11 is 0. The Kier molecular flexibility index (Phi) is 7.09. The number of sulfonamides is 1. The Morgan fingerprint density at radius 2 is 1.44 bits per heavy atom. The molecule has 0 radical (unpaired) electrons. The van der Waals surface area contributed by atoms with E-state index in [9.17, 15) is 8.42 Å². The van der Waals surface area contributed by atoms with Crippen molar-refractivity contribution in [2.24, 2.45) is 5.14 Å². The second kappa shape index (κ2) is 9.29. The molecule has 6 nitrogen and oxygen atoms in total. The third kappa shape index (κ3) is 6.64. The fourth-order valence-corrected chi connectivity index (χ4v) is 2.69. The summed E-state index contributed by atoms with van der Waals surface area (Å²) in [6.07, 6.45) is 2.18. The Morgan fingerprint density at radius 3 is 1.92 bits per heavy atom. The lowest BCUT2D eigenvalue weighted by Crippen LogP contribution is -2.14. The van der Waals surface area contributed by atoms with E-state index in [1.54, 1.807) is 12.1 Å². The van der Waals surface area contributed by atoms with E-state index in [2.05, 4.69) is 17.6 Å². The molecule has 0 amide bonds. The van der Waals surface area contributed by atoms with Gasteiger partial charge in [-0.25, -0.2) is 13.6 Å². The van der Waals surface area contributed by atoms with Gasteiger partial charge in [0.25, 0.3) is 0 Å². The van der Waals surface area contributed by atoms with Crippen LogP contribution in [0.5, 0.6) is 5.75 Å². The fourth-order valence-electron chi connectivity index (χ4n) is 2.18. The van der Waals surface area contributed by atoms with Crippen molar-refractivity contribution in [2.45, 2.75) is 24.7 Å². The van der Waals surface area contributed by atoms with E-state index in [0.717, 1.165) is 43.1 Å². The molecule has 0 fully saturated rings. The maximum atomic E-state index is 11.2. The second-order valence-electron chi connectivity index (χ2n) is 5.65. The van der Waals surface area contributed by atoms with Gasteiger partial charge in [0.15, 0.2) is 0 Å². The van der Waals surface area contributed by atoms with E-state index < -0.39 is 10.0 Å². The van der Waals surface area contributed by atoms with Crippen LogP contribution in [0, 0.1) is 0 Å². The van der Waals surface area contributed by atoms with E-state index in [0.29, 0.717) is 6.54 Å². The number of nitrogens with one attached hydrogen (secondary N) is 2. The lowest BCUT2D eigenvalue weighted by Gasteiger charge is -2.10. The average Bonchev–Trinajstić information content (AvgIpc) is 2.60. The molecule has 0 heterocycles. The molecule has 2 aromatic rings. The quantitative estimate of drug-likeness (QED) is 0.564. The smallest absolute Gasteiger partial charge is 0.238 e. The summed E-state index contributed by atoms with van der Waals surface area (Å²) in [6, 6.07) is 14.3. The van der Waals surface area contributed by atoms with Crippen molar-refractivity contribution in [1.29, 1.82) is 0 Å². The van der Waals surface area contributed by atoms with Crippen LogP contribution in [0.25, 0.3) is 0 Å². The third-order valence-electron chi connectivity index (χ3n) is 3.59. The molecular weight excluding hydrogens is 338 g/mol. The average molecular weight is 363 g/mol. The van der Waals surface area contributed by atoms with Crippen molar-refractivity contribution in [3.8, 4) is 5.75 Å². The molecule has 0 aliphatic rings. The van der Waals surface area contributed by atoms with E-state index in [-0.39, 0.29) is 4.90 Å². The first-order valence-electron chi connectivity index (χ1n) is 8.32. The standard InChI is InChI=1S/C18H25N3O3S/c1-2-3-14-24-17-8-4-15(5-9-17)20-12-13-21-16-6-10-18(11-7-16)25(19,22)23/h4-11,20-21H,2-3,12-14H2,1H3,(H2,19,22,23). The van der Waals surface area contributed by atoms with Gasteiger partial charge < -0.3 is 15.4 Å². The van der Waals surface area contributed by atoms with Crippen LogP contribution in [0.4, 0.5) is 11.4 Å². The molecular formula is C18H25N3O3S. The van der Waals surface area contributed by atoms with Crippen molar-refractivity contribution in [2.75, 3.05) is 30.3 Å². The van der Waals surface area contributed by atoms with Crippen LogP contribution >= 0.6 is 0 Å². The lowest BCUT2D eigenvalue weighted by atomic mass is 10.3. The van der Waals surface area contributed by atoms with Crippen molar-refractivity contribution in [3.63, 3.8) is 0 Å². The highest BCUT2D eigenvalue weighted by molar-refractivity contribution is 7.89. The molecule has 136 valence electrons. The summed E-state index contributed by atoms with van der Waals surface area (Å²) in [5, 5.41) is 11.6. The molecule has 0 aromatic heterocycles. The first-order valence-corrected chi connectivity index (χ1v) is 9.87. The summed E-state index contributed by atoms with van der Waals surface area (Å²) in [5.41, 5.74) is 1.86. The van der Waals surface area contributed by atoms with Crippen molar-refractivity contribution >= 4 is 21.4 Å². The number of hydrogen-bond donors (Lipinski definition) is 3. The predicted molar refractivity (Wildman–Crippen MR) is 102 cm³/mol. The number of benzene rings is 2. The van der Waals surface area contributed by atoms with Gasteiger partial charge in [-0.15, -0.1) is 0 Å². The minimum absolute atomic E-state index is 0.109. The van der Waals surface area contributed by atoms with Crippen LogP contribution in [0.3, 0.4) is 0 Å². The summed E-state index contributed by atoms with van der Waals surface area (Å²) in [7, 11) is -3.64. The summed E-state index contributed by atoms with van der Waals surface area (Å²) in [4.78, 5) is 0.109. The number of ether oxygens (including phenoxy) is 1. The minimum atomic E-state index is -3.64. The Bertz CT molecular complexity index is 744. The molecule has 2 rings (SSSR count). The van der Waals surface area contributed by atoms with Crippen LogP contribution < -0.4 is 20.5 Å². The van der Waals surface area contributed by atoms with Crippen molar-refractivity contribution in [3.05, 3.63) is 48.5 Å². The Hall–Kier alpha value is -2.25.